The average molecular weight is 389 g/mol. The van der Waals surface area contributed by atoms with E-state index < -0.39 is 5.41 Å². The van der Waals surface area contributed by atoms with Gasteiger partial charge in [-0.2, -0.15) is 0 Å². The molecule has 2 heterocycles. The van der Waals surface area contributed by atoms with Crippen LogP contribution in [-0.4, -0.2) is 42.2 Å². The number of hydrogen-bond acceptors (Lipinski definition) is 5. The van der Waals surface area contributed by atoms with Crippen LogP contribution in [0.5, 0.6) is 0 Å². The fourth-order valence-electron chi connectivity index (χ4n) is 1.82. The number of rotatable bonds is 2. The molecule has 1 fully saturated rings. The number of carbonyl (C=O) groups excluding carboxylic acids is 1. The summed E-state index contributed by atoms with van der Waals surface area (Å²) in [6.07, 6.45) is 1.86. The van der Waals surface area contributed by atoms with E-state index in [1.165, 1.54) is 0 Å². The minimum atomic E-state index is -0.463. The van der Waals surface area contributed by atoms with Crippen molar-refractivity contribution in [1.82, 2.24) is 10.0 Å². The molecule has 110 valence electrons. The molecular formula is C14H20IN3O2. The van der Waals surface area contributed by atoms with E-state index in [1.807, 2.05) is 33.0 Å². The molecule has 0 aromatic carbocycles. The van der Waals surface area contributed by atoms with Gasteiger partial charge in [0, 0.05) is 22.9 Å². The maximum absolute atomic E-state index is 11.8. The molecule has 1 aliphatic rings. The Hall–Kier alpha value is -0.890. The molecular weight excluding hydrogens is 369 g/mol. The van der Waals surface area contributed by atoms with Gasteiger partial charge in [-0.1, -0.05) is 0 Å². The van der Waals surface area contributed by atoms with Gasteiger partial charge in [-0.3, -0.25) is 0 Å². The Labute approximate surface area is 133 Å². The van der Waals surface area contributed by atoms with Crippen molar-refractivity contribution in [3.05, 3.63) is 21.9 Å². The van der Waals surface area contributed by atoms with Crippen LogP contribution in [0, 0.1) is 8.99 Å². The number of aromatic nitrogens is 1. The number of carbonyl (C=O) groups is 1. The van der Waals surface area contributed by atoms with Crippen LogP contribution in [-0.2, 0) is 9.63 Å². The number of anilines is 1. The molecule has 0 spiro atoms. The Kier molecular flexibility index (Phi) is 4.85. The molecule has 0 N–H and O–H groups in total. The van der Waals surface area contributed by atoms with Crippen LogP contribution < -0.4 is 4.90 Å². The van der Waals surface area contributed by atoms with E-state index in [0.29, 0.717) is 13.1 Å². The molecule has 0 aliphatic carbocycles. The summed E-state index contributed by atoms with van der Waals surface area (Å²) in [5, 5.41) is 1.75. The number of pyridine rings is 1. The van der Waals surface area contributed by atoms with Crippen LogP contribution in [0.4, 0.5) is 5.82 Å². The molecule has 1 aromatic heterocycles. The predicted molar refractivity (Wildman–Crippen MR) is 86.3 cm³/mol. The van der Waals surface area contributed by atoms with Gasteiger partial charge in [0.05, 0.1) is 18.5 Å². The molecule has 1 saturated heterocycles. The van der Waals surface area contributed by atoms with Gasteiger partial charge in [0.2, 0.25) is 0 Å². The van der Waals surface area contributed by atoms with Crippen LogP contribution in [0.25, 0.3) is 0 Å². The van der Waals surface area contributed by atoms with Crippen molar-refractivity contribution in [3.63, 3.8) is 0 Å². The van der Waals surface area contributed by atoms with Crippen molar-refractivity contribution in [3.8, 4) is 0 Å². The van der Waals surface area contributed by atoms with E-state index in [4.69, 9.17) is 4.84 Å². The van der Waals surface area contributed by atoms with Crippen LogP contribution in [0.3, 0.4) is 0 Å². The summed E-state index contributed by atoms with van der Waals surface area (Å²) in [7, 11) is 0. The maximum atomic E-state index is 11.8. The topological polar surface area (TPSA) is 45.7 Å². The number of piperazine rings is 1. The molecule has 1 aliphatic heterocycles. The van der Waals surface area contributed by atoms with Gasteiger partial charge in [0.15, 0.2) is 0 Å². The predicted octanol–water partition coefficient (Wildman–Crippen LogP) is 2.31. The average Bonchev–Trinajstić information content (AvgIpc) is 2.39. The summed E-state index contributed by atoms with van der Waals surface area (Å²) < 4.78 is 1.13. The SMILES string of the molecule is CC(C)(C)C(=O)ON1CCN(c2ccc(I)cn2)CC1. The maximum Gasteiger partial charge on any atom is 0.330 e. The lowest BCUT2D eigenvalue weighted by atomic mass is 9.98. The molecule has 20 heavy (non-hydrogen) atoms. The second kappa shape index (κ2) is 6.26. The lowest BCUT2D eigenvalue weighted by Crippen LogP contribution is -2.48. The smallest absolute Gasteiger partial charge is 0.330 e. The van der Waals surface area contributed by atoms with Crippen LogP contribution in [0.2, 0.25) is 0 Å². The van der Waals surface area contributed by atoms with Gasteiger partial charge in [0.1, 0.15) is 5.82 Å². The van der Waals surface area contributed by atoms with E-state index >= 15 is 0 Å². The van der Waals surface area contributed by atoms with E-state index in [0.717, 1.165) is 22.5 Å². The van der Waals surface area contributed by atoms with Crippen molar-refractivity contribution in [2.75, 3.05) is 31.1 Å². The number of halogens is 1. The highest BCUT2D eigenvalue weighted by Crippen LogP contribution is 2.18. The van der Waals surface area contributed by atoms with Gasteiger partial charge in [-0.15, -0.1) is 5.06 Å². The van der Waals surface area contributed by atoms with E-state index in [-0.39, 0.29) is 5.97 Å². The first-order valence-electron chi connectivity index (χ1n) is 6.70. The second-order valence-corrected chi connectivity index (χ2v) is 7.13. The third kappa shape index (κ3) is 4.05. The van der Waals surface area contributed by atoms with E-state index in [2.05, 4.69) is 38.5 Å². The van der Waals surface area contributed by atoms with Crippen molar-refractivity contribution < 1.29 is 9.63 Å². The summed E-state index contributed by atoms with van der Waals surface area (Å²) in [4.78, 5) is 23.9. The lowest BCUT2D eigenvalue weighted by Gasteiger charge is -2.35. The summed E-state index contributed by atoms with van der Waals surface area (Å²) in [6.45, 7) is 8.62. The highest BCUT2D eigenvalue weighted by Gasteiger charge is 2.28. The summed E-state index contributed by atoms with van der Waals surface area (Å²) in [5.41, 5.74) is -0.463. The number of hydrogen-bond donors (Lipinski definition) is 0. The van der Waals surface area contributed by atoms with Crippen molar-refractivity contribution >= 4 is 34.4 Å². The second-order valence-electron chi connectivity index (χ2n) is 5.88. The molecule has 6 heteroatoms. The molecule has 2 rings (SSSR count). The van der Waals surface area contributed by atoms with Crippen LogP contribution >= 0.6 is 22.6 Å². The highest BCUT2D eigenvalue weighted by molar-refractivity contribution is 14.1. The Bertz CT molecular complexity index is 462. The molecule has 1 aromatic rings. The minimum absolute atomic E-state index is 0.182. The molecule has 0 saturated carbocycles. The zero-order valence-corrected chi connectivity index (χ0v) is 14.3. The Morgan fingerprint density at radius 2 is 1.90 bits per heavy atom. The van der Waals surface area contributed by atoms with Crippen molar-refractivity contribution in [2.24, 2.45) is 5.41 Å². The molecule has 0 bridgehead atoms. The fraction of sp³-hybridized carbons (Fsp3) is 0.571. The summed E-state index contributed by atoms with van der Waals surface area (Å²) in [6, 6.07) is 4.08. The normalized spacial score (nSPS) is 17.1. The lowest BCUT2D eigenvalue weighted by molar-refractivity contribution is -0.201. The number of nitrogens with zero attached hydrogens (tertiary/aromatic N) is 3. The van der Waals surface area contributed by atoms with Gasteiger partial charge in [0.25, 0.3) is 0 Å². The summed E-state index contributed by atoms with van der Waals surface area (Å²) in [5.74, 6) is 0.797. The minimum Gasteiger partial charge on any atom is -0.367 e. The third-order valence-electron chi connectivity index (χ3n) is 3.10. The monoisotopic (exact) mass is 389 g/mol. The Morgan fingerprint density at radius 1 is 1.25 bits per heavy atom. The van der Waals surface area contributed by atoms with Crippen LogP contribution in [0.15, 0.2) is 18.3 Å². The van der Waals surface area contributed by atoms with E-state index in [1.54, 1.807) is 5.06 Å². The molecule has 0 radical (unpaired) electrons. The quantitative estimate of drug-likeness (QED) is 0.727. The standard InChI is InChI=1S/C14H20IN3O2/c1-14(2,3)13(19)20-18-8-6-17(7-9-18)12-5-4-11(15)10-16-12/h4-5,10H,6-9H2,1-3H3. The number of hydroxylamine groups is 2. The largest absolute Gasteiger partial charge is 0.367 e. The summed E-state index contributed by atoms with van der Waals surface area (Å²) >= 11 is 2.24. The molecule has 5 nitrogen and oxygen atoms in total. The van der Waals surface area contributed by atoms with Gasteiger partial charge >= 0.3 is 5.97 Å². The first-order chi connectivity index (χ1) is 9.36. The van der Waals surface area contributed by atoms with Crippen molar-refractivity contribution in [2.45, 2.75) is 20.8 Å². The van der Waals surface area contributed by atoms with Crippen LogP contribution in [0.1, 0.15) is 20.8 Å². The highest BCUT2D eigenvalue weighted by atomic mass is 127. The zero-order chi connectivity index (χ0) is 14.8. The Morgan fingerprint density at radius 3 is 2.40 bits per heavy atom. The zero-order valence-electron chi connectivity index (χ0n) is 12.1. The van der Waals surface area contributed by atoms with Gasteiger partial charge in [-0.05, 0) is 55.5 Å². The van der Waals surface area contributed by atoms with Crippen molar-refractivity contribution in [1.29, 1.82) is 0 Å². The molecule has 0 amide bonds. The first kappa shape index (κ1) is 15.5. The van der Waals surface area contributed by atoms with Gasteiger partial charge < -0.3 is 9.74 Å². The molecule has 0 atom stereocenters. The fourth-order valence-corrected chi connectivity index (χ4v) is 2.14. The van der Waals surface area contributed by atoms with Gasteiger partial charge in [-0.25, -0.2) is 9.78 Å². The Balaban J connectivity index is 1.86. The first-order valence-corrected chi connectivity index (χ1v) is 7.78. The molecule has 0 unspecified atom stereocenters. The van der Waals surface area contributed by atoms with E-state index in [9.17, 15) is 4.79 Å². The third-order valence-corrected chi connectivity index (χ3v) is 3.74.